The van der Waals surface area contributed by atoms with Gasteiger partial charge in [-0.1, -0.05) is 30.3 Å². The van der Waals surface area contributed by atoms with Crippen molar-refractivity contribution in [1.29, 1.82) is 0 Å². The SMILES string of the molecule is O=C(CN1C(=O)CCOc2ccccc21)NCCc1ccccc1F. The van der Waals surface area contributed by atoms with Gasteiger partial charge in [0, 0.05) is 6.54 Å². The lowest BCUT2D eigenvalue weighted by Crippen LogP contribution is -2.41. The Balaban J connectivity index is 1.60. The maximum atomic E-state index is 13.6. The number of carbonyl (C=O) groups excluding carboxylic acids is 2. The molecule has 1 heterocycles. The molecule has 0 aliphatic carbocycles. The molecular weight excluding hydrogens is 323 g/mol. The zero-order valence-electron chi connectivity index (χ0n) is 13.7. The molecule has 0 saturated heterocycles. The van der Waals surface area contributed by atoms with Crippen LogP contribution in [0.1, 0.15) is 12.0 Å². The van der Waals surface area contributed by atoms with Crippen molar-refractivity contribution in [1.82, 2.24) is 5.32 Å². The fourth-order valence-corrected chi connectivity index (χ4v) is 2.73. The van der Waals surface area contributed by atoms with Gasteiger partial charge in [-0.25, -0.2) is 4.39 Å². The van der Waals surface area contributed by atoms with E-state index in [2.05, 4.69) is 5.32 Å². The van der Waals surface area contributed by atoms with Crippen LogP contribution in [0.25, 0.3) is 0 Å². The maximum Gasteiger partial charge on any atom is 0.240 e. The van der Waals surface area contributed by atoms with Crippen LogP contribution in [0.3, 0.4) is 0 Å². The normalized spacial score (nSPS) is 13.6. The molecule has 2 amide bonds. The summed E-state index contributed by atoms with van der Waals surface area (Å²) >= 11 is 0. The summed E-state index contributed by atoms with van der Waals surface area (Å²) in [5.41, 5.74) is 1.14. The molecule has 1 aliphatic heterocycles. The fraction of sp³-hybridized carbons (Fsp3) is 0.263. The van der Waals surface area contributed by atoms with Crippen LogP contribution < -0.4 is 15.0 Å². The van der Waals surface area contributed by atoms with E-state index in [1.54, 1.807) is 36.4 Å². The number of fused-ring (bicyclic) bond motifs is 1. The van der Waals surface area contributed by atoms with Crippen LogP contribution in [-0.4, -0.2) is 31.5 Å². The molecule has 1 aliphatic rings. The number of benzene rings is 2. The van der Waals surface area contributed by atoms with Crippen molar-refractivity contribution in [3.63, 3.8) is 0 Å². The second kappa shape index (κ2) is 7.79. The number of amides is 2. The van der Waals surface area contributed by atoms with Gasteiger partial charge in [-0.3, -0.25) is 14.5 Å². The fourth-order valence-electron chi connectivity index (χ4n) is 2.73. The minimum absolute atomic E-state index is 0.0868. The molecule has 0 bridgehead atoms. The molecular formula is C19H19FN2O3. The minimum atomic E-state index is -0.290. The molecule has 25 heavy (non-hydrogen) atoms. The molecule has 2 aromatic rings. The van der Waals surface area contributed by atoms with Crippen LogP contribution in [0.4, 0.5) is 10.1 Å². The van der Waals surface area contributed by atoms with Crippen molar-refractivity contribution >= 4 is 17.5 Å². The van der Waals surface area contributed by atoms with E-state index in [-0.39, 0.29) is 30.6 Å². The summed E-state index contributed by atoms with van der Waals surface area (Å²) in [5.74, 6) is -0.145. The minimum Gasteiger partial charge on any atom is -0.491 e. The molecule has 2 aromatic carbocycles. The van der Waals surface area contributed by atoms with Crippen LogP contribution in [0.15, 0.2) is 48.5 Å². The average molecular weight is 342 g/mol. The van der Waals surface area contributed by atoms with Crippen LogP contribution >= 0.6 is 0 Å². The first-order valence-electron chi connectivity index (χ1n) is 8.17. The highest BCUT2D eigenvalue weighted by Crippen LogP contribution is 2.30. The van der Waals surface area contributed by atoms with Crippen molar-refractivity contribution in [2.75, 3.05) is 24.6 Å². The van der Waals surface area contributed by atoms with Crippen LogP contribution in [0, 0.1) is 5.82 Å². The van der Waals surface area contributed by atoms with Gasteiger partial charge in [0.25, 0.3) is 0 Å². The van der Waals surface area contributed by atoms with Gasteiger partial charge in [0.15, 0.2) is 0 Å². The molecule has 0 spiro atoms. The van der Waals surface area contributed by atoms with E-state index in [1.807, 2.05) is 6.07 Å². The predicted molar refractivity (Wildman–Crippen MR) is 92.0 cm³/mol. The van der Waals surface area contributed by atoms with Gasteiger partial charge < -0.3 is 10.1 Å². The third-order valence-electron chi connectivity index (χ3n) is 4.01. The lowest BCUT2D eigenvalue weighted by molar-refractivity contribution is -0.123. The van der Waals surface area contributed by atoms with Gasteiger partial charge in [0.05, 0.1) is 18.7 Å². The summed E-state index contributed by atoms with van der Waals surface area (Å²) in [6.45, 7) is 0.512. The number of hydrogen-bond acceptors (Lipinski definition) is 3. The maximum absolute atomic E-state index is 13.6. The molecule has 1 N–H and O–H groups in total. The molecule has 0 unspecified atom stereocenters. The summed E-state index contributed by atoms with van der Waals surface area (Å²) in [6.07, 6.45) is 0.614. The first-order chi connectivity index (χ1) is 12.1. The second-order valence-electron chi connectivity index (χ2n) is 5.74. The van der Waals surface area contributed by atoms with E-state index in [0.29, 0.717) is 36.6 Å². The van der Waals surface area contributed by atoms with E-state index in [0.717, 1.165) is 0 Å². The average Bonchev–Trinajstić information content (AvgIpc) is 2.76. The quantitative estimate of drug-likeness (QED) is 0.907. The third-order valence-corrected chi connectivity index (χ3v) is 4.01. The van der Waals surface area contributed by atoms with Gasteiger partial charge >= 0.3 is 0 Å². The highest BCUT2D eigenvalue weighted by Gasteiger charge is 2.24. The number of nitrogens with one attached hydrogen (secondary N) is 1. The topological polar surface area (TPSA) is 58.6 Å². The van der Waals surface area contributed by atoms with Gasteiger partial charge in [0.1, 0.15) is 18.1 Å². The third kappa shape index (κ3) is 4.15. The zero-order valence-corrected chi connectivity index (χ0v) is 13.7. The van der Waals surface area contributed by atoms with E-state index in [4.69, 9.17) is 4.74 Å². The summed E-state index contributed by atoms with van der Waals surface area (Å²) < 4.78 is 19.1. The number of para-hydroxylation sites is 2. The van der Waals surface area contributed by atoms with Crippen LogP contribution in [-0.2, 0) is 16.0 Å². The van der Waals surface area contributed by atoms with Gasteiger partial charge in [0.2, 0.25) is 11.8 Å². The Bertz CT molecular complexity index is 779. The summed E-state index contributed by atoms with van der Waals surface area (Å²) in [7, 11) is 0. The Kier molecular flexibility index (Phi) is 5.28. The Labute approximate surface area is 145 Å². The number of halogens is 1. The molecule has 0 fully saturated rings. The van der Waals surface area contributed by atoms with Crippen molar-refractivity contribution in [2.24, 2.45) is 0 Å². The summed E-state index contributed by atoms with van der Waals surface area (Å²) in [4.78, 5) is 25.9. The van der Waals surface area contributed by atoms with Crippen molar-refractivity contribution < 1.29 is 18.7 Å². The Morgan fingerprint density at radius 1 is 1.16 bits per heavy atom. The van der Waals surface area contributed by atoms with Gasteiger partial charge in [-0.15, -0.1) is 0 Å². The van der Waals surface area contributed by atoms with Crippen LogP contribution in [0.2, 0.25) is 0 Å². The van der Waals surface area contributed by atoms with Crippen molar-refractivity contribution in [3.8, 4) is 5.75 Å². The highest BCUT2D eigenvalue weighted by molar-refractivity contribution is 6.00. The number of anilines is 1. The predicted octanol–water partition coefficient (Wildman–Crippen LogP) is 2.30. The van der Waals surface area contributed by atoms with E-state index >= 15 is 0 Å². The molecule has 3 rings (SSSR count). The zero-order chi connectivity index (χ0) is 17.6. The van der Waals surface area contributed by atoms with Gasteiger partial charge in [-0.2, -0.15) is 0 Å². The number of carbonyl (C=O) groups is 2. The second-order valence-corrected chi connectivity index (χ2v) is 5.74. The van der Waals surface area contributed by atoms with E-state index in [1.165, 1.54) is 11.0 Å². The Morgan fingerprint density at radius 3 is 2.76 bits per heavy atom. The summed E-state index contributed by atoms with van der Waals surface area (Å²) in [5, 5.41) is 2.74. The number of rotatable bonds is 5. The highest BCUT2D eigenvalue weighted by atomic mass is 19.1. The molecule has 6 heteroatoms. The first-order valence-corrected chi connectivity index (χ1v) is 8.17. The molecule has 0 saturated carbocycles. The van der Waals surface area contributed by atoms with Crippen molar-refractivity contribution in [2.45, 2.75) is 12.8 Å². The van der Waals surface area contributed by atoms with E-state index in [9.17, 15) is 14.0 Å². The van der Waals surface area contributed by atoms with Gasteiger partial charge in [-0.05, 0) is 30.2 Å². The van der Waals surface area contributed by atoms with Crippen LogP contribution in [0.5, 0.6) is 5.75 Å². The number of nitrogens with zero attached hydrogens (tertiary/aromatic N) is 1. The molecule has 0 atom stereocenters. The monoisotopic (exact) mass is 342 g/mol. The standard InChI is InChI=1S/C19H19FN2O3/c20-15-6-2-1-5-14(15)9-11-21-18(23)13-22-16-7-3-4-8-17(16)25-12-10-19(22)24/h1-8H,9-13H2,(H,21,23). The molecule has 5 nitrogen and oxygen atoms in total. The first kappa shape index (κ1) is 17.0. The Morgan fingerprint density at radius 2 is 1.92 bits per heavy atom. The molecule has 130 valence electrons. The van der Waals surface area contributed by atoms with E-state index < -0.39 is 0 Å². The number of ether oxygens (including phenoxy) is 1. The lowest BCUT2D eigenvalue weighted by Gasteiger charge is -2.21. The smallest absolute Gasteiger partial charge is 0.240 e. The Hall–Kier alpha value is -2.89. The molecule has 0 radical (unpaired) electrons. The van der Waals surface area contributed by atoms with Crippen molar-refractivity contribution in [3.05, 3.63) is 59.9 Å². The largest absolute Gasteiger partial charge is 0.491 e. The molecule has 0 aromatic heterocycles. The summed E-state index contributed by atoms with van der Waals surface area (Å²) in [6, 6.07) is 13.6. The number of hydrogen-bond donors (Lipinski definition) is 1. The lowest BCUT2D eigenvalue weighted by atomic mass is 10.1.